The first-order chi connectivity index (χ1) is 18.6. The Bertz CT molecular complexity index is 1250. The summed E-state index contributed by atoms with van der Waals surface area (Å²) in [6.45, 7) is 1.47. The monoisotopic (exact) mass is 536 g/mol. The van der Waals surface area contributed by atoms with E-state index in [-0.39, 0.29) is 25.0 Å². The molecule has 3 rings (SSSR count). The molecule has 39 heavy (non-hydrogen) atoms. The fraction of sp³-hybridized carbons (Fsp3) is 0.296. The zero-order chi connectivity index (χ0) is 28.4. The number of aromatic nitrogens is 2. The molecule has 206 valence electrons. The van der Waals surface area contributed by atoms with Gasteiger partial charge in [0.2, 0.25) is 17.7 Å². The van der Waals surface area contributed by atoms with Crippen LogP contribution >= 0.6 is 0 Å². The van der Waals surface area contributed by atoms with E-state index in [1.165, 1.54) is 31.6 Å². The Morgan fingerprint density at radius 2 is 1.36 bits per heavy atom. The third-order valence-corrected chi connectivity index (χ3v) is 5.93. The molecule has 0 saturated carbocycles. The smallest absolute Gasteiger partial charge is 0.326 e. The van der Waals surface area contributed by atoms with Crippen molar-refractivity contribution in [3.05, 3.63) is 83.9 Å². The summed E-state index contributed by atoms with van der Waals surface area (Å²) in [6, 6.07) is 10.5. The third-order valence-electron chi connectivity index (χ3n) is 5.93. The minimum Gasteiger partial charge on any atom is -0.508 e. The maximum absolute atomic E-state index is 13.4. The van der Waals surface area contributed by atoms with Crippen LogP contribution in [0.4, 0.5) is 0 Å². The molecule has 0 spiro atoms. The predicted molar refractivity (Wildman–Crippen MR) is 141 cm³/mol. The Balaban J connectivity index is 1.80. The minimum absolute atomic E-state index is 0.0115. The number of nitrogens with one attached hydrogen (secondary N) is 4. The van der Waals surface area contributed by atoms with Crippen LogP contribution in [0, 0.1) is 0 Å². The average molecular weight is 537 g/mol. The van der Waals surface area contributed by atoms with Crippen molar-refractivity contribution in [3.8, 4) is 5.75 Å². The van der Waals surface area contributed by atoms with E-state index in [4.69, 9.17) is 5.73 Å². The number of phenolic OH excluding ortho intramolecular Hbond substituents is 1. The first-order valence-electron chi connectivity index (χ1n) is 12.3. The summed E-state index contributed by atoms with van der Waals surface area (Å²) < 4.78 is 0. The molecule has 0 aliphatic heterocycles. The van der Waals surface area contributed by atoms with E-state index >= 15 is 0 Å². The topological polar surface area (TPSA) is 200 Å². The first kappa shape index (κ1) is 28.9. The highest BCUT2D eigenvalue weighted by molar-refractivity contribution is 5.94. The molecule has 12 heteroatoms. The van der Waals surface area contributed by atoms with Gasteiger partial charge in [0.15, 0.2) is 0 Å². The molecule has 0 bridgehead atoms. The number of carboxylic acid groups (broad SMARTS) is 1. The van der Waals surface area contributed by atoms with Crippen LogP contribution in [0.15, 0.2) is 67.1 Å². The summed E-state index contributed by atoms with van der Waals surface area (Å²) in [5.74, 6) is -3.15. The Labute approximate surface area is 225 Å². The fourth-order valence-corrected chi connectivity index (χ4v) is 3.80. The number of rotatable bonds is 13. The molecule has 4 atom stereocenters. The van der Waals surface area contributed by atoms with Gasteiger partial charge in [-0.1, -0.05) is 42.5 Å². The second kappa shape index (κ2) is 13.7. The quantitative estimate of drug-likeness (QED) is 0.159. The lowest BCUT2D eigenvalue weighted by molar-refractivity contribution is -0.142. The van der Waals surface area contributed by atoms with Gasteiger partial charge in [-0.25, -0.2) is 9.78 Å². The molecule has 12 nitrogen and oxygen atoms in total. The Hall–Kier alpha value is -4.71. The summed E-state index contributed by atoms with van der Waals surface area (Å²) >= 11 is 0. The van der Waals surface area contributed by atoms with Crippen LogP contribution in [0.1, 0.15) is 23.7 Å². The SMILES string of the molecule is CC(N)C(=O)NC(Cc1ccc(O)cc1)C(=O)NC(Cc1cnc[nH]1)C(=O)NC(Cc1ccccc1)C(=O)O. The normalized spacial score (nSPS) is 13.9. The van der Waals surface area contributed by atoms with E-state index in [1.807, 2.05) is 0 Å². The molecular formula is C27H32N6O6. The van der Waals surface area contributed by atoms with Gasteiger partial charge in [0.05, 0.1) is 12.4 Å². The number of carboxylic acids is 1. The molecule has 0 saturated heterocycles. The Kier molecular flexibility index (Phi) is 10.2. The van der Waals surface area contributed by atoms with E-state index in [2.05, 4.69) is 25.9 Å². The third kappa shape index (κ3) is 8.97. The minimum atomic E-state index is -1.24. The maximum atomic E-state index is 13.4. The van der Waals surface area contributed by atoms with Gasteiger partial charge < -0.3 is 36.9 Å². The molecule has 8 N–H and O–H groups in total. The number of carbonyl (C=O) groups excluding carboxylic acids is 3. The average Bonchev–Trinajstić information content (AvgIpc) is 3.42. The first-order valence-corrected chi connectivity index (χ1v) is 12.3. The standard InChI is InChI=1S/C27H32N6O6/c1-16(28)24(35)31-21(11-18-7-9-20(34)10-8-18)25(36)32-22(13-19-14-29-15-30-19)26(37)33-23(27(38)39)12-17-5-3-2-4-6-17/h2-10,14-16,21-23,34H,11-13,28H2,1H3,(H,29,30)(H,31,35)(H,32,36)(H,33,37)(H,38,39). The number of amides is 3. The number of hydrogen-bond acceptors (Lipinski definition) is 7. The predicted octanol–water partition coefficient (Wildman–Crippen LogP) is 0.0294. The van der Waals surface area contributed by atoms with E-state index in [9.17, 15) is 29.4 Å². The highest BCUT2D eigenvalue weighted by Crippen LogP contribution is 2.12. The Morgan fingerprint density at radius 1 is 0.821 bits per heavy atom. The summed E-state index contributed by atoms with van der Waals surface area (Å²) in [5, 5.41) is 27.0. The van der Waals surface area contributed by atoms with Gasteiger partial charge in [-0.15, -0.1) is 0 Å². The second-order valence-electron chi connectivity index (χ2n) is 9.15. The number of nitrogens with zero attached hydrogens (tertiary/aromatic N) is 1. The van der Waals surface area contributed by atoms with Gasteiger partial charge in [0.1, 0.15) is 23.9 Å². The van der Waals surface area contributed by atoms with Crippen molar-refractivity contribution in [3.63, 3.8) is 0 Å². The number of imidazole rings is 1. The highest BCUT2D eigenvalue weighted by atomic mass is 16.4. The number of phenols is 1. The van der Waals surface area contributed by atoms with Gasteiger partial charge in [-0.3, -0.25) is 14.4 Å². The van der Waals surface area contributed by atoms with Crippen LogP contribution in [0.5, 0.6) is 5.75 Å². The molecule has 3 amide bonds. The van der Waals surface area contributed by atoms with Crippen LogP contribution in [0.25, 0.3) is 0 Å². The van der Waals surface area contributed by atoms with Crippen molar-refractivity contribution < 1.29 is 29.4 Å². The lowest BCUT2D eigenvalue weighted by atomic mass is 10.0. The number of H-pyrrole nitrogens is 1. The molecular weight excluding hydrogens is 504 g/mol. The van der Waals surface area contributed by atoms with Gasteiger partial charge in [0, 0.05) is 31.2 Å². The summed E-state index contributed by atoms with van der Waals surface area (Å²) in [6.07, 6.45) is 2.98. The lowest BCUT2D eigenvalue weighted by Gasteiger charge is -2.25. The molecule has 3 aromatic rings. The van der Waals surface area contributed by atoms with Crippen molar-refractivity contribution >= 4 is 23.7 Å². The summed E-state index contributed by atoms with van der Waals surface area (Å²) in [7, 11) is 0. The number of aliphatic carboxylic acids is 1. The van der Waals surface area contributed by atoms with E-state index < -0.39 is 47.9 Å². The van der Waals surface area contributed by atoms with Crippen LogP contribution in [-0.4, -0.2) is 68.0 Å². The lowest BCUT2D eigenvalue weighted by Crippen LogP contribution is -2.58. The molecule has 0 radical (unpaired) electrons. The zero-order valence-electron chi connectivity index (χ0n) is 21.3. The van der Waals surface area contributed by atoms with Crippen molar-refractivity contribution in [2.24, 2.45) is 5.73 Å². The number of aromatic hydroxyl groups is 1. The van der Waals surface area contributed by atoms with Crippen molar-refractivity contribution in [2.75, 3.05) is 0 Å². The van der Waals surface area contributed by atoms with Crippen molar-refractivity contribution in [1.82, 2.24) is 25.9 Å². The fourth-order valence-electron chi connectivity index (χ4n) is 3.80. The number of nitrogens with two attached hydrogens (primary N) is 1. The van der Waals surface area contributed by atoms with Crippen molar-refractivity contribution in [2.45, 2.75) is 50.4 Å². The molecule has 0 aliphatic rings. The van der Waals surface area contributed by atoms with E-state index in [0.29, 0.717) is 16.8 Å². The summed E-state index contributed by atoms with van der Waals surface area (Å²) in [4.78, 5) is 57.8. The number of benzene rings is 2. The molecule has 2 aromatic carbocycles. The Morgan fingerprint density at radius 3 is 1.92 bits per heavy atom. The largest absolute Gasteiger partial charge is 0.508 e. The number of aromatic amines is 1. The van der Waals surface area contributed by atoms with Gasteiger partial charge >= 0.3 is 5.97 Å². The van der Waals surface area contributed by atoms with Gasteiger partial charge in [-0.05, 0) is 30.2 Å². The van der Waals surface area contributed by atoms with Crippen LogP contribution in [-0.2, 0) is 38.4 Å². The molecule has 4 unspecified atom stereocenters. The van der Waals surface area contributed by atoms with Crippen LogP contribution in [0.3, 0.4) is 0 Å². The van der Waals surface area contributed by atoms with Crippen molar-refractivity contribution in [1.29, 1.82) is 0 Å². The highest BCUT2D eigenvalue weighted by Gasteiger charge is 2.30. The molecule has 1 aromatic heterocycles. The molecule has 1 heterocycles. The van der Waals surface area contributed by atoms with Gasteiger partial charge in [-0.2, -0.15) is 0 Å². The van der Waals surface area contributed by atoms with Gasteiger partial charge in [0.25, 0.3) is 0 Å². The number of carbonyl (C=O) groups is 4. The van der Waals surface area contributed by atoms with Crippen LogP contribution in [0.2, 0.25) is 0 Å². The van der Waals surface area contributed by atoms with E-state index in [1.54, 1.807) is 42.5 Å². The number of hydrogen-bond donors (Lipinski definition) is 7. The zero-order valence-corrected chi connectivity index (χ0v) is 21.3. The van der Waals surface area contributed by atoms with E-state index in [0.717, 1.165) is 0 Å². The molecule has 0 fully saturated rings. The molecule has 0 aliphatic carbocycles. The van der Waals surface area contributed by atoms with Crippen LogP contribution < -0.4 is 21.7 Å². The maximum Gasteiger partial charge on any atom is 0.326 e. The summed E-state index contributed by atoms with van der Waals surface area (Å²) in [5.41, 5.74) is 7.56. The second-order valence-corrected chi connectivity index (χ2v) is 9.15.